The van der Waals surface area contributed by atoms with E-state index in [2.05, 4.69) is 10.3 Å². The lowest BCUT2D eigenvalue weighted by Crippen LogP contribution is -2.31. The molecule has 1 aromatic heterocycles. The van der Waals surface area contributed by atoms with Crippen LogP contribution in [0.4, 0.5) is 5.69 Å². The van der Waals surface area contributed by atoms with Crippen LogP contribution in [0.2, 0.25) is 0 Å². The molecule has 0 saturated heterocycles. The summed E-state index contributed by atoms with van der Waals surface area (Å²) in [6.45, 7) is 1.15. The normalized spacial score (nSPS) is 11.2. The van der Waals surface area contributed by atoms with Gasteiger partial charge in [-0.05, 0) is 30.7 Å². The zero-order valence-electron chi connectivity index (χ0n) is 15.5. The Morgan fingerprint density at radius 3 is 2.54 bits per heavy atom. The Bertz CT molecular complexity index is 1020. The Labute approximate surface area is 164 Å². The molecule has 0 fully saturated rings. The van der Waals surface area contributed by atoms with Crippen LogP contribution < -0.4 is 9.62 Å². The van der Waals surface area contributed by atoms with E-state index < -0.39 is 15.9 Å². The van der Waals surface area contributed by atoms with Gasteiger partial charge in [0.15, 0.2) is 0 Å². The molecule has 0 spiro atoms. The van der Waals surface area contributed by atoms with Gasteiger partial charge in [-0.1, -0.05) is 30.3 Å². The molecule has 28 heavy (non-hydrogen) atoms. The number of aryl methyl sites for hydroxylation is 1. The SMILES string of the molecule is CN(c1ccccc1)S(=O)(=O)c1ccccc1C(=O)NCCCn1ccnc1. The van der Waals surface area contributed by atoms with Crippen molar-refractivity contribution in [2.75, 3.05) is 17.9 Å². The minimum atomic E-state index is -3.87. The molecule has 3 rings (SSSR count). The van der Waals surface area contributed by atoms with Crippen molar-refractivity contribution < 1.29 is 13.2 Å². The number of amides is 1. The van der Waals surface area contributed by atoms with Crippen molar-refractivity contribution in [1.82, 2.24) is 14.9 Å². The highest BCUT2D eigenvalue weighted by Gasteiger charge is 2.26. The van der Waals surface area contributed by atoms with E-state index in [1.54, 1.807) is 48.9 Å². The minimum absolute atomic E-state index is 0.0199. The van der Waals surface area contributed by atoms with Gasteiger partial charge in [0.25, 0.3) is 15.9 Å². The second kappa shape index (κ2) is 8.71. The molecule has 3 aromatic rings. The lowest BCUT2D eigenvalue weighted by molar-refractivity contribution is 0.0949. The van der Waals surface area contributed by atoms with Crippen molar-refractivity contribution in [3.63, 3.8) is 0 Å². The average molecular weight is 398 g/mol. The quantitative estimate of drug-likeness (QED) is 0.591. The van der Waals surface area contributed by atoms with Gasteiger partial charge in [-0.15, -0.1) is 0 Å². The Kier molecular flexibility index (Phi) is 6.10. The van der Waals surface area contributed by atoms with Gasteiger partial charge in [0.1, 0.15) is 4.90 Å². The van der Waals surface area contributed by atoms with Crippen LogP contribution in [0.15, 0.2) is 78.2 Å². The van der Waals surface area contributed by atoms with Crippen LogP contribution in [-0.4, -0.2) is 37.5 Å². The van der Waals surface area contributed by atoms with E-state index in [0.29, 0.717) is 18.7 Å². The number of sulfonamides is 1. The van der Waals surface area contributed by atoms with Gasteiger partial charge in [0, 0.05) is 32.5 Å². The second-order valence-electron chi connectivity index (χ2n) is 6.21. The van der Waals surface area contributed by atoms with Crippen molar-refractivity contribution in [1.29, 1.82) is 0 Å². The number of anilines is 1. The van der Waals surface area contributed by atoms with Crippen molar-refractivity contribution in [3.05, 3.63) is 78.9 Å². The number of nitrogens with one attached hydrogen (secondary N) is 1. The summed E-state index contributed by atoms with van der Waals surface area (Å²) in [5, 5.41) is 2.80. The van der Waals surface area contributed by atoms with E-state index in [0.717, 1.165) is 6.54 Å². The first-order chi connectivity index (χ1) is 13.5. The van der Waals surface area contributed by atoms with E-state index in [1.165, 1.54) is 23.5 Å². The third-order valence-electron chi connectivity index (χ3n) is 4.33. The number of imidazole rings is 1. The fourth-order valence-electron chi connectivity index (χ4n) is 2.78. The molecule has 146 valence electrons. The summed E-state index contributed by atoms with van der Waals surface area (Å²) in [6.07, 6.45) is 5.97. The fraction of sp³-hybridized carbons (Fsp3) is 0.200. The molecule has 0 unspecified atom stereocenters. The molecule has 1 N–H and O–H groups in total. The van der Waals surface area contributed by atoms with Crippen molar-refractivity contribution >= 4 is 21.6 Å². The van der Waals surface area contributed by atoms with E-state index in [-0.39, 0.29) is 10.5 Å². The van der Waals surface area contributed by atoms with Crippen LogP contribution in [-0.2, 0) is 16.6 Å². The minimum Gasteiger partial charge on any atom is -0.352 e. The van der Waals surface area contributed by atoms with Crippen LogP contribution >= 0.6 is 0 Å². The van der Waals surface area contributed by atoms with E-state index >= 15 is 0 Å². The van der Waals surface area contributed by atoms with Gasteiger partial charge in [0.2, 0.25) is 0 Å². The second-order valence-corrected chi connectivity index (χ2v) is 8.15. The maximum Gasteiger partial charge on any atom is 0.264 e. The zero-order chi connectivity index (χ0) is 20.0. The predicted molar refractivity (Wildman–Crippen MR) is 108 cm³/mol. The molecule has 0 atom stereocenters. The largest absolute Gasteiger partial charge is 0.352 e. The number of carbonyl (C=O) groups excluding carboxylic acids is 1. The number of rotatable bonds is 8. The molecule has 0 aliphatic heterocycles. The van der Waals surface area contributed by atoms with Gasteiger partial charge >= 0.3 is 0 Å². The van der Waals surface area contributed by atoms with Crippen molar-refractivity contribution in [3.8, 4) is 0 Å². The lowest BCUT2D eigenvalue weighted by atomic mass is 10.2. The summed E-state index contributed by atoms with van der Waals surface area (Å²) >= 11 is 0. The van der Waals surface area contributed by atoms with Crippen LogP contribution in [0.3, 0.4) is 0 Å². The molecular weight excluding hydrogens is 376 g/mol. The smallest absolute Gasteiger partial charge is 0.264 e. The number of para-hydroxylation sites is 1. The van der Waals surface area contributed by atoms with Crippen LogP contribution in [0.25, 0.3) is 0 Å². The lowest BCUT2D eigenvalue weighted by Gasteiger charge is -2.21. The summed E-state index contributed by atoms with van der Waals surface area (Å²) in [5.41, 5.74) is 0.658. The monoisotopic (exact) mass is 398 g/mol. The number of carbonyl (C=O) groups is 1. The highest BCUT2D eigenvalue weighted by Crippen LogP contribution is 2.24. The third kappa shape index (κ3) is 4.40. The fourth-order valence-corrected chi connectivity index (χ4v) is 4.16. The molecule has 0 saturated carbocycles. The van der Waals surface area contributed by atoms with Crippen LogP contribution in [0.1, 0.15) is 16.8 Å². The highest BCUT2D eigenvalue weighted by atomic mass is 32.2. The van der Waals surface area contributed by atoms with Crippen LogP contribution in [0, 0.1) is 0 Å². The first-order valence-electron chi connectivity index (χ1n) is 8.87. The standard InChI is InChI=1S/C20H22N4O3S/c1-23(17-8-3-2-4-9-17)28(26,27)19-11-6-5-10-18(19)20(25)22-12-7-14-24-15-13-21-16-24/h2-6,8-11,13,15-16H,7,12,14H2,1H3,(H,22,25). The Morgan fingerprint density at radius 1 is 1.11 bits per heavy atom. The Hall–Kier alpha value is -3.13. The molecule has 7 nitrogen and oxygen atoms in total. The number of aromatic nitrogens is 2. The molecule has 0 radical (unpaired) electrons. The number of nitrogens with zero attached hydrogens (tertiary/aromatic N) is 3. The summed E-state index contributed by atoms with van der Waals surface area (Å²) in [6, 6.07) is 15.0. The molecule has 8 heteroatoms. The molecule has 0 aliphatic carbocycles. The molecule has 2 aromatic carbocycles. The zero-order valence-corrected chi connectivity index (χ0v) is 16.3. The van der Waals surface area contributed by atoms with E-state index in [4.69, 9.17) is 0 Å². The summed E-state index contributed by atoms with van der Waals surface area (Å²) in [7, 11) is -2.40. The van der Waals surface area contributed by atoms with E-state index in [9.17, 15) is 13.2 Å². The van der Waals surface area contributed by atoms with Gasteiger partial charge in [-0.3, -0.25) is 9.10 Å². The molecular formula is C20H22N4O3S. The van der Waals surface area contributed by atoms with Crippen LogP contribution in [0.5, 0.6) is 0 Å². The highest BCUT2D eigenvalue weighted by molar-refractivity contribution is 7.92. The summed E-state index contributed by atoms with van der Waals surface area (Å²) in [5.74, 6) is -0.411. The number of hydrogen-bond donors (Lipinski definition) is 1. The summed E-state index contributed by atoms with van der Waals surface area (Å²) < 4.78 is 29.3. The molecule has 1 heterocycles. The predicted octanol–water partition coefficient (Wildman–Crippen LogP) is 2.53. The van der Waals surface area contributed by atoms with Gasteiger partial charge in [-0.25, -0.2) is 13.4 Å². The molecule has 0 bridgehead atoms. The molecule has 0 aliphatic rings. The maximum atomic E-state index is 13.1. The first kappa shape index (κ1) is 19.6. The number of hydrogen-bond acceptors (Lipinski definition) is 4. The Morgan fingerprint density at radius 2 is 1.82 bits per heavy atom. The maximum absolute atomic E-state index is 13.1. The molecule has 1 amide bonds. The average Bonchev–Trinajstić information content (AvgIpc) is 3.24. The van der Waals surface area contributed by atoms with Gasteiger partial charge in [0.05, 0.1) is 17.6 Å². The first-order valence-corrected chi connectivity index (χ1v) is 10.3. The number of benzene rings is 2. The van der Waals surface area contributed by atoms with E-state index in [1.807, 2.05) is 16.8 Å². The van der Waals surface area contributed by atoms with Crippen molar-refractivity contribution in [2.45, 2.75) is 17.9 Å². The van der Waals surface area contributed by atoms with Gasteiger partial charge < -0.3 is 9.88 Å². The van der Waals surface area contributed by atoms with Gasteiger partial charge in [-0.2, -0.15) is 0 Å². The topological polar surface area (TPSA) is 84.3 Å². The summed E-state index contributed by atoms with van der Waals surface area (Å²) in [4.78, 5) is 16.6. The third-order valence-corrected chi connectivity index (χ3v) is 6.17. The Balaban J connectivity index is 1.73. The van der Waals surface area contributed by atoms with Crippen molar-refractivity contribution in [2.24, 2.45) is 0 Å².